The molecule has 0 saturated heterocycles. The van der Waals surface area contributed by atoms with Crippen LogP contribution in [-0.4, -0.2) is 0 Å². The SMILES string of the molecule is c1ccc(-c2c3ccccc3c(-c3cccc4c3oc3ccccc34)c3ccccc23)c(-c2ccc3sc4ccccc4c3c2)c1. The zero-order valence-electron chi connectivity index (χ0n) is 24.8. The molecule has 0 saturated carbocycles. The molecule has 0 aliphatic rings. The summed E-state index contributed by atoms with van der Waals surface area (Å²) in [5.74, 6) is 0. The monoisotopic (exact) mass is 602 g/mol. The number of benzene rings is 8. The van der Waals surface area contributed by atoms with Gasteiger partial charge in [-0.1, -0.05) is 133 Å². The molecular weight excluding hydrogens is 577 g/mol. The van der Waals surface area contributed by atoms with Crippen LogP contribution in [0.3, 0.4) is 0 Å². The van der Waals surface area contributed by atoms with E-state index in [1.165, 1.54) is 69.5 Å². The molecule has 0 fully saturated rings. The highest BCUT2D eigenvalue weighted by Crippen LogP contribution is 2.48. The Morgan fingerprint density at radius 3 is 1.61 bits per heavy atom. The minimum Gasteiger partial charge on any atom is -0.455 e. The summed E-state index contributed by atoms with van der Waals surface area (Å²) in [5.41, 5.74) is 9.15. The zero-order valence-corrected chi connectivity index (χ0v) is 25.6. The van der Waals surface area contributed by atoms with Gasteiger partial charge in [-0.25, -0.2) is 0 Å². The number of fused-ring (bicyclic) bond motifs is 8. The first-order chi connectivity index (χ1) is 22.8. The molecular formula is C44H26OS. The number of rotatable bonds is 3. The Morgan fingerprint density at radius 1 is 0.348 bits per heavy atom. The molecule has 1 nitrogen and oxygen atoms in total. The van der Waals surface area contributed by atoms with Gasteiger partial charge in [0, 0.05) is 42.1 Å². The van der Waals surface area contributed by atoms with Crippen LogP contribution in [0.1, 0.15) is 0 Å². The molecule has 8 aromatic carbocycles. The topological polar surface area (TPSA) is 13.1 Å². The van der Waals surface area contributed by atoms with Gasteiger partial charge in [0.25, 0.3) is 0 Å². The van der Waals surface area contributed by atoms with Crippen molar-refractivity contribution in [2.75, 3.05) is 0 Å². The van der Waals surface area contributed by atoms with Crippen molar-refractivity contribution in [3.05, 3.63) is 158 Å². The largest absolute Gasteiger partial charge is 0.455 e. The normalized spacial score (nSPS) is 11.9. The molecule has 2 heterocycles. The Hall–Kier alpha value is -5.70. The highest BCUT2D eigenvalue weighted by molar-refractivity contribution is 7.25. The molecule has 0 aliphatic carbocycles. The zero-order chi connectivity index (χ0) is 30.2. The maximum absolute atomic E-state index is 6.59. The highest BCUT2D eigenvalue weighted by Gasteiger charge is 2.21. The maximum Gasteiger partial charge on any atom is 0.143 e. The number of furan rings is 1. The first-order valence-electron chi connectivity index (χ1n) is 15.7. The van der Waals surface area contributed by atoms with Crippen LogP contribution in [0, 0.1) is 0 Å². The summed E-state index contributed by atoms with van der Waals surface area (Å²) < 4.78 is 9.24. The van der Waals surface area contributed by atoms with Gasteiger partial charge in [-0.3, -0.25) is 0 Å². The van der Waals surface area contributed by atoms with Gasteiger partial charge in [0.1, 0.15) is 11.2 Å². The third-order valence-electron chi connectivity index (χ3n) is 9.49. The van der Waals surface area contributed by atoms with Crippen molar-refractivity contribution < 1.29 is 4.42 Å². The van der Waals surface area contributed by atoms with Gasteiger partial charge in [0.05, 0.1) is 0 Å². The van der Waals surface area contributed by atoms with Gasteiger partial charge in [-0.15, -0.1) is 11.3 Å². The van der Waals surface area contributed by atoms with E-state index in [0.29, 0.717) is 0 Å². The molecule has 214 valence electrons. The molecule has 2 heteroatoms. The van der Waals surface area contributed by atoms with E-state index in [1.807, 2.05) is 17.4 Å². The van der Waals surface area contributed by atoms with Crippen molar-refractivity contribution in [1.82, 2.24) is 0 Å². The van der Waals surface area contributed by atoms with Crippen LogP contribution in [0.15, 0.2) is 162 Å². The summed E-state index contributed by atoms with van der Waals surface area (Å²) in [7, 11) is 0. The predicted molar refractivity (Wildman–Crippen MR) is 198 cm³/mol. The van der Waals surface area contributed by atoms with Crippen molar-refractivity contribution in [1.29, 1.82) is 0 Å². The molecule has 0 amide bonds. The molecule has 2 aromatic heterocycles. The lowest BCUT2D eigenvalue weighted by molar-refractivity contribution is 0.670. The van der Waals surface area contributed by atoms with E-state index in [1.54, 1.807) is 0 Å². The van der Waals surface area contributed by atoms with Crippen molar-refractivity contribution in [3.63, 3.8) is 0 Å². The second kappa shape index (κ2) is 9.90. The summed E-state index contributed by atoms with van der Waals surface area (Å²) in [6, 6.07) is 57.2. The Morgan fingerprint density at radius 2 is 0.870 bits per heavy atom. The maximum atomic E-state index is 6.59. The van der Waals surface area contributed by atoms with E-state index in [-0.39, 0.29) is 0 Å². The Kier molecular flexibility index (Phi) is 5.51. The first kappa shape index (κ1) is 25.6. The molecule has 0 spiro atoms. The second-order valence-corrected chi connectivity index (χ2v) is 13.1. The summed E-state index contributed by atoms with van der Waals surface area (Å²) >= 11 is 1.86. The Labute approximate surface area is 269 Å². The van der Waals surface area contributed by atoms with E-state index in [0.717, 1.165) is 27.5 Å². The number of hydrogen-bond acceptors (Lipinski definition) is 2. The van der Waals surface area contributed by atoms with Gasteiger partial charge < -0.3 is 4.42 Å². The van der Waals surface area contributed by atoms with E-state index in [2.05, 4.69) is 152 Å². The third kappa shape index (κ3) is 3.68. The molecule has 0 bridgehead atoms. The third-order valence-corrected chi connectivity index (χ3v) is 10.6. The van der Waals surface area contributed by atoms with Gasteiger partial charge in [0.15, 0.2) is 0 Å². The fourth-order valence-electron chi connectivity index (χ4n) is 7.50. The molecule has 10 aromatic rings. The molecule has 10 rings (SSSR count). The molecule has 0 aliphatic heterocycles. The number of hydrogen-bond donors (Lipinski definition) is 0. The van der Waals surface area contributed by atoms with Crippen LogP contribution in [-0.2, 0) is 0 Å². The van der Waals surface area contributed by atoms with Crippen LogP contribution in [0.5, 0.6) is 0 Å². The average Bonchev–Trinajstić information content (AvgIpc) is 3.69. The predicted octanol–water partition coefficient (Wildman–Crippen LogP) is 13.3. The van der Waals surface area contributed by atoms with E-state index >= 15 is 0 Å². The van der Waals surface area contributed by atoms with Crippen LogP contribution in [0.2, 0.25) is 0 Å². The summed E-state index contributed by atoms with van der Waals surface area (Å²) in [6.07, 6.45) is 0. The van der Waals surface area contributed by atoms with Gasteiger partial charge in [-0.05, 0) is 68.1 Å². The Bertz CT molecular complexity index is 2760. The van der Waals surface area contributed by atoms with E-state index < -0.39 is 0 Å². The fraction of sp³-hybridized carbons (Fsp3) is 0. The smallest absolute Gasteiger partial charge is 0.143 e. The molecule has 0 N–H and O–H groups in total. The number of thiophene rings is 1. The fourth-order valence-corrected chi connectivity index (χ4v) is 8.59. The summed E-state index contributed by atoms with van der Waals surface area (Å²) in [4.78, 5) is 0. The van der Waals surface area contributed by atoms with Gasteiger partial charge in [0.2, 0.25) is 0 Å². The lowest BCUT2D eigenvalue weighted by Gasteiger charge is -2.19. The molecule has 0 atom stereocenters. The van der Waals surface area contributed by atoms with E-state index in [9.17, 15) is 0 Å². The standard InChI is InChI=1S/C44H26OS/c1-2-15-31(28(12-1)27-24-25-41-38(26-27)30-14-8-10-23-40(30)46-41)42-32-16-3-5-18-34(32)43(35-19-6-4-17-33(35)42)37-21-11-20-36-29-13-7-9-22-39(29)45-44(36)37/h1-26H. The van der Waals surface area contributed by atoms with Crippen molar-refractivity contribution in [2.45, 2.75) is 0 Å². The van der Waals surface area contributed by atoms with Crippen LogP contribution in [0.4, 0.5) is 0 Å². The summed E-state index contributed by atoms with van der Waals surface area (Å²) in [5, 5.41) is 9.84. The van der Waals surface area contributed by atoms with Crippen LogP contribution in [0.25, 0.3) is 97.0 Å². The lowest BCUT2D eigenvalue weighted by atomic mass is 9.83. The van der Waals surface area contributed by atoms with Crippen LogP contribution >= 0.6 is 11.3 Å². The van der Waals surface area contributed by atoms with Crippen molar-refractivity contribution >= 4 is 75.0 Å². The molecule has 0 radical (unpaired) electrons. The van der Waals surface area contributed by atoms with Gasteiger partial charge in [-0.2, -0.15) is 0 Å². The highest BCUT2D eigenvalue weighted by atomic mass is 32.1. The van der Waals surface area contributed by atoms with Crippen molar-refractivity contribution in [2.24, 2.45) is 0 Å². The van der Waals surface area contributed by atoms with Gasteiger partial charge >= 0.3 is 0 Å². The van der Waals surface area contributed by atoms with E-state index in [4.69, 9.17) is 4.42 Å². The molecule has 46 heavy (non-hydrogen) atoms. The Balaban J connectivity index is 1.29. The van der Waals surface area contributed by atoms with Crippen molar-refractivity contribution in [3.8, 4) is 33.4 Å². The quantitative estimate of drug-likeness (QED) is 0.183. The number of para-hydroxylation sites is 2. The molecule has 0 unspecified atom stereocenters. The summed E-state index contributed by atoms with van der Waals surface area (Å²) in [6.45, 7) is 0. The van der Waals surface area contributed by atoms with Crippen LogP contribution < -0.4 is 0 Å². The second-order valence-electron chi connectivity index (χ2n) is 12.0. The first-order valence-corrected chi connectivity index (χ1v) is 16.5. The minimum absolute atomic E-state index is 0.916. The lowest BCUT2D eigenvalue weighted by Crippen LogP contribution is -1.93. The minimum atomic E-state index is 0.916. The average molecular weight is 603 g/mol.